The van der Waals surface area contributed by atoms with Gasteiger partial charge in [-0.2, -0.15) is 4.72 Å². The summed E-state index contributed by atoms with van der Waals surface area (Å²) in [6.07, 6.45) is -0.238. The highest BCUT2D eigenvalue weighted by atomic mass is 35.5. The Kier molecular flexibility index (Phi) is 5.75. The van der Waals surface area contributed by atoms with Gasteiger partial charge < -0.3 is 14.9 Å². The average molecular weight is 324 g/mol. The van der Waals surface area contributed by atoms with Crippen molar-refractivity contribution in [3.05, 3.63) is 23.2 Å². The molecule has 0 saturated heterocycles. The van der Waals surface area contributed by atoms with Gasteiger partial charge in [0.15, 0.2) is 0 Å². The molecule has 0 radical (unpaired) electrons. The molecule has 1 aromatic carbocycles. The third kappa shape index (κ3) is 4.07. The van der Waals surface area contributed by atoms with E-state index in [4.69, 9.17) is 26.6 Å². The number of nitrogens with one attached hydrogen (secondary N) is 1. The highest BCUT2D eigenvalue weighted by Crippen LogP contribution is 2.26. The van der Waals surface area contributed by atoms with E-state index in [2.05, 4.69) is 0 Å². The Morgan fingerprint density at radius 2 is 2.15 bits per heavy atom. The molecule has 0 heterocycles. The number of aliphatic carboxylic acids is 1. The Labute approximate surface area is 121 Å². The summed E-state index contributed by atoms with van der Waals surface area (Å²) in [6, 6.07) is 2.34. The molecule has 0 bridgehead atoms. The van der Waals surface area contributed by atoms with Gasteiger partial charge in [-0.1, -0.05) is 11.6 Å². The van der Waals surface area contributed by atoms with Crippen LogP contribution in [0.1, 0.15) is 6.42 Å². The number of sulfonamides is 1. The van der Waals surface area contributed by atoms with E-state index in [0.717, 1.165) is 6.07 Å². The Bertz CT molecular complexity index is 589. The molecule has 7 nitrogen and oxygen atoms in total. The number of methoxy groups -OCH3 is 1. The molecule has 20 heavy (non-hydrogen) atoms. The summed E-state index contributed by atoms with van der Waals surface area (Å²) in [6.45, 7) is -0.456. The molecule has 0 fully saturated rings. The predicted octanol–water partition coefficient (Wildman–Crippen LogP) is 0.462. The largest absolute Gasteiger partial charge is 0.495 e. The molecule has 1 atom stereocenters. The fourth-order valence-electron chi connectivity index (χ4n) is 1.43. The molecule has 0 spiro atoms. The normalized spacial score (nSPS) is 12.9. The maximum atomic E-state index is 12.0. The van der Waals surface area contributed by atoms with Crippen molar-refractivity contribution in [1.82, 2.24) is 4.72 Å². The minimum Gasteiger partial charge on any atom is -0.495 e. The highest BCUT2D eigenvalue weighted by molar-refractivity contribution is 7.89. The molecule has 1 aromatic rings. The topological polar surface area (TPSA) is 113 Å². The number of aliphatic hydroxyl groups is 1. The molecular weight excluding hydrogens is 310 g/mol. The predicted molar refractivity (Wildman–Crippen MR) is 71.5 cm³/mol. The van der Waals surface area contributed by atoms with Gasteiger partial charge in [-0.05, 0) is 24.6 Å². The second-order valence-corrected chi connectivity index (χ2v) is 5.94. The molecule has 112 valence electrons. The molecule has 9 heteroatoms. The number of hydrogen-bond acceptors (Lipinski definition) is 5. The lowest BCUT2D eigenvalue weighted by molar-refractivity contribution is -0.139. The monoisotopic (exact) mass is 323 g/mol. The fourth-order valence-corrected chi connectivity index (χ4v) is 3.00. The lowest BCUT2D eigenvalue weighted by Gasteiger charge is -2.14. The van der Waals surface area contributed by atoms with Crippen LogP contribution in [0.4, 0.5) is 0 Å². The third-order valence-electron chi connectivity index (χ3n) is 2.45. The summed E-state index contributed by atoms with van der Waals surface area (Å²) in [5, 5.41) is 17.7. The summed E-state index contributed by atoms with van der Waals surface area (Å²) in [4.78, 5) is 10.7. The number of carbonyl (C=O) groups is 1. The number of benzene rings is 1. The first-order chi connectivity index (χ1) is 9.31. The number of aliphatic hydroxyl groups excluding tert-OH is 1. The zero-order valence-electron chi connectivity index (χ0n) is 10.5. The van der Waals surface area contributed by atoms with Crippen molar-refractivity contribution in [1.29, 1.82) is 0 Å². The van der Waals surface area contributed by atoms with Gasteiger partial charge in [0.25, 0.3) is 0 Å². The van der Waals surface area contributed by atoms with Crippen molar-refractivity contribution in [2.75, 3.05) is 13.7 Å². The van der Waals surface area contributed by atoms with E-state index in [1.165, 1.54) is 19.2 Å². The van der Waals surface area contributed by atoms with Gasteiger partial charge in [-0.3, -0.25) is 4.79 Å². The van der Waals surface area contributed by atoms with Gasteiger partial charge in [0.2, 0.25) is 10.0 Å². The molecule has 3 N–H and O–H groups in total. The Hall–Kier alpha value is -1.35. The van der Waals surface area contributed by atoms with E-state index >= 15 is 0 Å². The van der Waals surface area contributed by atoms with Crippen molar-refractivity contribution in [2.24, 2.45) is 0 Å². The van der Waals surface area contributed by atoms with Crippen LogP contribution in [0, 0.1) is 0 Å². The molecule has 0 unspecified atom stereocenters. The average Bonchev–Trinajstić information content (AvgIpc) is 2.37. The van der Waals surface area contributed by atoms with Crippen molar-refractivity contribution in [3.8, 4) is 5.75 Å². The third-order valence-corrected chi connectivity index (χ3v) is 4.21. The van der Waals surface area contributed by atoms with Crippen molar-refractivity contribution in [2.45, 2.75) is 17.4 Å². The maximum absolute atomic E-state index is 12.0. The van der Waals surface area contributed by atoms with Crippen molar-refractivity contribution < 1.29 is 28.2 Å². The first-order valence-corrected chi connectivity index (χ1v) is 7.37. The minimum atomic E-state index is -4.06. The van der Waals surface area contributed by atoms with Gasteiger partial charge in [0, 0.05) is 6.61 Å². The van der Waals surface area contributed by atoms with Gasteiger partial charge in [0.05, 0.1) is 17.0 Å². The fraction of sp³-hybridized carbons (Fsp3) is 0.364. The molecular formula is C11H14ClNO6S. The molecule has 0 aliphatic heterocycles. The second-order valence-electron chi connectivity index (χ2n) is 3.82. The minimum absolute atomic E-state index is 0.0874. The molecule has 0 aliphatic rings. The van der Waals surface area contributed by atoms with Crippen LogP contribution in [0.15, 0.2) is 23.1 Å². The van der Waals surface area contributed by atoms with E-state index < -0.39 is 28.6 Å². The lowest BCUT2D eigenvalue weighted by atomic mass is 10.2. The Balaban J connectivity index is 3.04. The van der Waals surface area contributed by atoms with Crippen molar-refractivity contribution >= 4 is 27.6 Å². The maximum Gasteiger partial charge on any atom is 0.321 e. The van der Waals surface area contributed by atoms with Gasteiger partial charge >= 0.3 is 5.97 Å². The number of carboxylic acid groups (broad SMARTS) is 1. The van der Waals surface area contributed by atoms with E-state index in [0.29, 0.717) is 5.75 Å². The van der Waals surface area contributed by atoms with Crippen LogP contribution in [0.25, 0.3) is 0 Å². The molecule has 0 aromatic heterocycles. The molecule has 1 rings (SSSR count). The Morgan fingerprint density at radius 1 is 1.50 bits per heavy atom. The number of ether oxygens (including phenoxy) is 1. The van der Waals surface area contributed by atoms with Gasteiger partial charge in [-0.25, -0.2) is 8.42 Å². The van der Waals surface area contributed by atoms with E-state index in [1.54, 1.807) is 0 Å². The summed E-state index contributed by atoms with van der Waals surface area (Å²) in [5.74, 6) is -1.07. The standard InChI is InChI=1S/C11H14ClNO6S/c1-19-10-3-2-7(6-8(10)12)20(17,18)13-9(4-5-14)11(15)16/h2-3,6,9,13-14H,4-5H2,1H3,(H,15,16)/t9-/m0/s1. The smallest absolute Gasteiger partial charge is 0.321 e. The quantitative estimate of drug-likeness (QED) is 0.672. The van der Waals surface area contributed by atoms with E-state index in [1.807, 2.05) is 4.72 Å². The van der Waals surface area contributed by atoms with Crippen LogP contribution in [0.3, 0.4) is 0 Å². The molecule has 0 saturated carbocycles. The van der Waals surface area contributed by atoms with Gasteiger partial charge in [0.1, 0.15) is 11.8 Å². The molecule has 0 amide bonds. The number of halogens is 1. The van der Waals surface area contributed by atoms with Crippen LogP contribution in [0.2, 0.25) is 5.02 Å². The van der Waals surface area contributed by atoms with Crippen LogP contribution in [-0.2, 0) is 14.8 Å². The summed E-state index contributed by atoms with van der Waals surface area (Å²) < 4.78 is 30.9. The summed E-state index contributed by atoms with van der Waals surface area (Å²) >= 11 is 5.82. The number of hydrogen-bond donors (Lipinski definition) is 3. The first-order valence-electron chi connectivity index (χ1n) is 5.51. The highest BCUT2D eigenvalue weighted by Gasteiger charge is 2.25. The Morgan fingerprint density at radius 3 is 2.60 bits per heavy atom. The van der Waals surface area contributed by atoms with Crippen LogP contribution in [-0.4, -0.2) is 44.4 Å². The van der Waals surface area contributed by atoms with E-state index in [9.17, 15) is 13.2 Å². The van der Waals surface area contributed by atoms with Crippen LogP contribution < -0.4 is 9.46 Å². The number of rotatable bonds is 7. The molecule has 0 aliphatic carbocycles. The SMILES string of the molecule is COc1ccc(S(=O)(=O)N[C@@H](CCO)C(=O)O)cc1Cl. The van der Waals surface area contributed by atoms with Crippen molar-refractivity contribution in [3.63, 3.8) is 0 Å². The van der Waals surface area contributed by atoms with Gasteiger partial charge in [-0.15, -0.1) is 0 Å². The van der Waals surface area contributed by atoms with Crippen LogP contribution >= 0.6 is 11.6 Å². The summed E-state index contributed by atoms with van der Waals surface area (Å²) in [7, 11) is -2.67. The number of carboxylic acids is 1. The second kappa shape index (κ2) is 6.89. The zero-order chi connectivity index (χ0) is 15.3. The zero-order valence-corrected chi connectivity index (χ0v) is 12.1. The van der Waals surface area contributed by atoms with Crippen LogP contribution in [0.5, 0.6) is 5.75 Å². The lowest BCUT2D eigenvalue weighted by Crippen LogP contribution is -2.41. The van der Waals surface area contributed by atoms with E-state index in [-0.39, 0.29) is 16.3 Å². The first kappa shape index (κ1) is 16.7. The summed E-state index contributed by atoms with van der Waals surface area (Å²) in [5.41, 5.74) is 0.